The molecule has 1 aliphatic heterocycles. The van der Waals surface area contributed by atoms with Crippen LogP contribution in [0.1, 0.15) is 67.2 Å². The van der Waals surface area contributed by atoms with E-state index in [1.165, 1.54) is 0 Å². The second-order valence-electron chi connectivity index (χ2n) is 10.4. The molecule has 38 heavy (non-hydrogen) atoms. The molecule has 0 aromatic carbocycles. The third-order valence-corrected chi connectivity index (χ3v) is 8.85. The summed E-state index contributed by atoms with van der Waals surface area (Å²) in [5.41, 5.74) is -5.12. The molecular weight excluding hydrogens is 552 g/mol. The number of hydroxylamine groups is 2. The summed E-state index contributed by atoms with van der Waals surface area (Å²) in [6.45, 7) is -2.28. The summed E-state index contributed by atoms with van der Waals surface area (Å²) in [6.07, 6.45) is -8.88. The highest BCUT2D eigenvalue weighted by molar-refractivity contribution is 7.11. The van der Waals surface area contributed by atoms with Crippen LogP contribution in [-0.4, -0.2) is 70.7 Å². The molecule has 0 bridgehead atoms. The van der Waals surface area contributed by atoms with E-state index in [1.54, 1.807) is 0 Å². The molecule has 1 aromatic heterocycles. The lowest BCUT2D eigenvalue weighted by Crippen LogP contribution is -2.53. The van der Waals surface area contributed by atoms with Gasteiger partial charge in [0.25, 0.3) is 0 Å². The van der Waals surface area contributed by atoms with E-state index in [2.05, 4.69) is 4.98 Å². The lowest BCUT2D eigenvalue weighted by atomic mass is 9.73. The molecule has 6 nitrogen and oxygen atoms in total. The summed E-state index contributed by atoms with van der Waals surface area (Å²) in [4.78, 5) is 3.52. The van der Waals surface area contributed by atoms with Crippen molar-refractivity contribution in [3.05, 3.63) is 16.1 Å². The number of aliphatic hydroxyl groups is 1. The van der Waals surface area contributed by atoms with Crippen LogP contribution in [0.3, 0.4) is 0 Å². The van der Waals surface area contributed by atoms with Gasteiger partial charge in [-0.25, -0.2) is 4.98 Å². The van der Waals surface area contributed by atoms with Crippen molar-refractivity contribution in [3.63, 3.8) is 0 Å². The Labute approximate surface area is 217 Å². The van der Waals surface area contributed by atoms with Crippen LogP contribution in [-0.2, 0) is 15.1 Å². The number of rotatable bonds is 9. The minimum absolute atomic E-state index is 0.0918. The first-order chi connectivity index (χ1) is 17.7. The summed E-state index contributed by atoms with van der Waals surface area (Å²) in [5.74, 6) is -1.02. The Hall–Kier alpha value is -1.13. The number of aromatic nitrogens is 1. The van der Waals surface area contributed by atoms with Gasteiger partial charge in [-0.05, 0) is 69.1 Å². The van der Waals surface area contributed by atoms with Crippen molar-refractivity contribution in [3.8, 4) is 0 Å². The third kappa shape index (κ3) is 6.60. The Bertz CT molecular complexity index is 912. The fourth-order valence-corrected chi connectivity index (χ4v) is 6.80. The van der Waals surface area contributed by atoms with E-state index >= 15 is 0 Å². The topological polar surface area (TPSA) is 75.1 Å². The number of thiazole rings is 1. The summed E-state index contributed by atoms with van der Waals surface area (Å²) >= 11 is 0.154. The molecule has 0 amide bonds. The van der Waals surface area contributed by atoms with Crippen molar-refractivity contribution in [2.24, 2.45) is 11.8 Å². The molecule has 2 N–H and O–H groups in total. The molecule has 2 saturated carbocycles. The molecule has 5 unspecified atom stereocenters. The minimum atomic E-state index is -6.05. The summed E-state index contributed by atoms with van der Waals surface area (Å²) in [5, 5.41) is 19.4. The van der Waals surface area contributed by atoms with Gasteiger partial charge in [-0.2, -0.15) is 40.2 Å². The second kappa shape index (κ2) is 11.4. The molecule has 4 rings (SSSR count). The van der Waals surface area contributed by atoms with Gasteiger partial charge in [0.1, 0.15) is 5.01 Å². The Morgan fingerprint density at radius 2 is 1.71 bits per heavy atom. The number of halogens is 8. The molecule has 3 aliphatic rings. The monoisotopic (exact) mass is 582 g/mol. The molecule has 1 aromatic rings. The first-order valence-corrected chi connectivity index (χ1v) is 13.4. The zero-order valence-corrected chi connectivity index (χ0v) is 21.0. The van der Waals surface area contributed by atoms with Gasteiger partial charge in [0.15, 0.2) is 0 Å². The minimum Gasteiger partial charge on any atom is -0.372 e. The highest BCUT2D eigenvalue weighted by Gasteiger charge is 2.73. The maximum Gasteiger partial charge on any atom is 0.433 e. The van der Waals surface area contributed by atoms with Crippen molar-refractivity contribution >= 4 is 11.3 Å². The maximum atomic E-state index is 13.5. The second-order valence-corrected chi connectivity index (χ2v) is 11.5. The zero-order valence-electron chi connectivity index (χ0n) is 20.2. The van der Waals surface area contributed by atoms with E-state index in [0.717, 1.165) is 24.1 Å². The summed E-state index contributed by atoms with van der Waals surface area (Å²) < 4.78 is 117. The van der Waals surface area contributed by atoms with Crippen molar-refractivity contribution < 1.29 is 54.9 Å². The molecule has 15 heteroatoms. The fourth-order valence-electron chi connectivity index (χ4n) is 5.54. The SMILES string of the molecule is ON1CCCC(CC(c2cnc(C(O)(C(F)(F)F)C(F)(F)F)s2)C2CCC(OC(F)F)C(OC3CC3)C2)C1. The van der Waals surface area contributed by atoms with E-state index in [-0.39, 0.29) is 53.5 Å². The summed E-state index contributed by atoms with van der Waals surface area (Å²) in [7, 11) is 0. The Morgan fingerprint density at radius 1 is 1.03 bits per heavy atom. The molecule has 3 fully saturated rings. The first-order valence-electron chi connectivity index (χ1n) is 12.5. The van der Waals surface area contributed by atoms with Gasteiger partial charge in [-0.3, -0.25) is 0 Å². The van der Waals surface area contributed by atoms with Gasteiger partial charge in [0.2, 0.25) is 0 Å². The lowest BCUT2D eigenvalue weighted by molar-refractivity contribution is -0.376. The average molecular weight is 583 g/mol. The van der Waals surface area contributed by atoms with Crippen molar-refractivity contribution in [2.75, 3.05) is 13.1 Å². The van der Waals surface area contributed by atoms with Crippen LogP contribution in [0.25, 0.3) is 0 Å². The van der Waals surface area contributed by atoms with Crippen molar-refractivity contribution in [1.82, 2.24) is 10.0 Å². The smallest absolute Gasteiger partial charge is 0.372 e. The summed E-state index contributed by atoms with van der Waals surface area (Å²) in [6, 6.07) is 0. The molecule has 2 heterocycles. The highest BCUT2D eigenvalue weighted by atomic mass is 32.1. The van der Waals surface area contributed by atoms with Crippen LogP contribution >= 0.6 is 11.3 Å². The molecule has 1 saturated heterocycles. The molecule has 5 atom stereocenters. The molecule has 218 valence electrons. The number of alkyl halides is 8. The van der Waals surface area contributed by atoms with E-state index in [0.29, 0.717) is 32.2 Å². The van der Waals surface area contributed by atoms with Gasteiger partial charge in [0, 0.05) is 24.2 Å². The number of hydrogen-bond donors (Lipinski definition) is 2. The first kappa shape index (κ1) is 29.8. The van der Waals surface area contributed by atoms with Crippen LogP contribution in [0.4, 0.5) is 35.1 Å². The van der Waals surface area contributed by atoms with Gasteiger partial charge >= 0.3 is 24.6 Å². The van der Waals surface area contributed by atoms with Crippen LogP contribution < -0.4 is 0 Å². The number of nitrogens with zero attached hydrogens (tertiary/aromatic N) is 2. The van der Waals surface area contributed by atoms with Gasteiger partial charge in [0.05, 0.1) is 18.3 Å². The number of ether oxygens (including phenoxy) is 2. The highest BCUT2D eigenvalue weighted by Crippen LogP contribution is 2.53. The molecule has 2 aliphatic carbocycles. The Kier molecular flexibility index (Phi) is 8.95. The quantitative estimate of drug-likeness (QED) is 0.349. The van der Waals surface area contributed by atoms with E-state index in [1.807, 2.05) is 0 Å². The van der Waals surface area contributed by atoms with E-state index in [4.69, 9.17) is 9.47 Å². The van der Waals surface area contributed by atoms with Gasteiger partial charge in [-0.15, -0.1) is 11.3 Å². The van der Waals surface area contributed by atoms with Crippen LogP contribution in [0, 0.1) is 11.8 Å². The lowest BCUT2D eigenvalue weighted by Gasteiger charge is -2.40. The third-order valence-electron chi connectivity index (χ3n) is 7.61. The molecule has 0 spiro atoms. The largest absolute Gasteiger partial charge is 0.433 e. The predicted molar refractivity (Wildman–Crippen MR) is 118 cm³/mol. The van der Waals surface area contributed by atoms with Crippen LogP contribution in [0.2, 0.25) is 0 Å². The average Bonchev–Trinajstić information content (AvgIpc) is 3.48. The van der Waals surface area contributed by atoms with Gasteiger partial charge < -0.3 is 19.8 Å². The van der Waals surface area contributed by atoms with E-state index < -0.39 is 47.7 Å². The standard InChI is InChI=1S/C23H30F8N2O4S/c24-20(25)37-16-6-3-13(9-17(16)36-14-4-5-14)15(8-12-2-1-7-33(35)11-12)18-10-32-19(38-18)21(34,22(26,27)28)23(29,30)31/h10,12-17,20,34-35H,1-9,11H2. The Balaban J connectivity index is 1.63. The van der Waals surface area contributed by atoms with Crippen LogP contribution in [0.5, 0.6) is 0 Å². The number of hydrogen-bond acceptors (Lipinski definition) is 7. The van der Waals surface area contributed by atoms with Gasteiger partial charge in [-0.1, -0.05) is 0 Å². The zero-order chi connectivity index (χ0) is 27.9. The fraction of sp³-hybridized carbons (Fsp3) is 0.870. The number of piperidine rings is 1. The Morgan fingerprint density at radius 3 is 2.29 bits per heavy atom. The van der Waals surface area contributed by atoms with Crippen LogP contribution in [0.15, 0.2) is 6.20 Å². The normalized spacial score (nSPS) is 29.1. The molecule has 0 radical (unpaired) electrons. The molecular formula is C23H30F8N2O4S. The van der Waals surface area contributed by atoms with Crippen molar-refractivity contribution in [1.29, 1.82) is 0 Å². The van der Waals surface area contributed by atoms with E-state index in [9.17, 15) is 45.4 Å². The predicted octanol–water partition coefficient (Wildman–Crippen LogP) is 5.99. The maximum absolute atomic E-state index is 13.5. The van der Waals surface area contributed by atoms with Crippen molar-refractivity contribution in [2.45, 2.75) is 100 Å².